The number of methoxy groups -OCH3 is 2. The number of nitrogens with one attached hydrogen (secondary N) is 1. The first-order valence-corrected chi connectivity index (χ1v) is 9.92. The molecule has 0 aliphatic carbocycles. The van der Waals surface area contributed by atoms with E-state index in [2.05, 4.69) is 26.5 Å². The molecular weight excluding hydrogens is 448 g/mol. The number of halogens is 1. The van der Waals surface area contributed by atoms with Gasteiger partial charge >= 0.3 is 0 Å². The van der Waals surface area contributed by atoms with Gasteiger partial charge < -0.3 is 14.2 Å². The van der Waals surface area contributed by atoms with E-state index in [0.717, 1.165) is 10.0 Å². The van der Waals surface area contributed by atoms with Gasteiger partial charge in [0, 0.05) is 10.0 Å². The zero-order valence-electron chi connectivity index (χ0n) is 16.6. The van der Waals surface area contributed by atoms with Gasteiger partial charge in [-0.15, -0.1) is 0 Å². The maximum Gasteiger partial charge on any atom is 0.275 e. The van der Waals surface area contributed by atoms with E-state index in [-0.39, 0.29) is 5.91 Å². The van der Waals surface area contributed by atoms with Crippen molar-refractivity contribution >= 4 is 28.1 Å². The molecule has 0 heterocycles. The van der Waals surface area contributed by atoms with E-state index < -0.39 is 0 Å². The van der Waals surface area contributed by atoms with Crippen molar-refractivity contribution in [3.8, 4) is 17.2 Å². The van der Waals surface area contributed by atoms with Crippen molar-refractivity contribution in [1.29, 1.82) is 0 Å². The number of para-hydroxylation sites is 1. The molecule has 3 rings (SSSR count). The highest BCUT2D eigenvalue weighted by Crippen LogP contribution is 2.31. The van der Waals surface area contributed by atoms with E-state index in [0.29, 0.717) is 35.0 Å². The molecule has 0 aromatic heterocycles. The lowest BCUT2D eigenvalue weighted by Gasteiger charge is -2.13. The van der Waals surface area contributed by atoms with Crippen LogP contribution in [0.4, 0.5) is 0 Å². The third-order valence-corrected chi connectivity index (χ3v) is 4.72. The zero-order chi connectivity index (χ0) is 21.3. The first-order valence-electron chi connectivity index (χ1n) is 9.13. The van der Waals surface area contributed by atoms with Crippen molar-refractivity contribution < 1.29 is 19.0 Å². The molecule has 7 heteroatoms. The largest absolute Gasteiger partial charge is 0.496 e. The Hall–Kier alpha value is -3.32. The molecule has 0 aliphatic heterocycles. The van der Waals surface area contributed by atoms with Crippen LogP contribution >= 0.6 is 15.9 Å². The van der Waals surface area contributed by atoms with Gasteiger partial charge in [-0.2, -0.15) is 5.10 Å². The molecular formula is C23H21BrN2O4. The molecule has 0 spiro atoms. The molecule has 0 aliphatic rings. The lowest BCUT2D eigenvalue weighted by Crippen LogP contribution is -2.18. The molecule has 0 saturated carbocycles. The van der Waals surface area contributed by atoms with E-state index in [4.69, 9.17) is 14.2 Å². The Bertz CT molecular complexity index is 1040. The number of benzene rings is 3. The van der Waals surface area contributed by atoms with E-state index in [1.54, 1.807) is 25.3 Å². The first-order chi connectivity index (χ1) is 14.6. The highest BCUT2D eigenvalue weighted by molar-refractivity contribution is 9.10. The third kappa shape index (κ3) is 5.39. The zero-order valence-corrected chi connectivity index (χ0v) is 18.2. The molecule has 3 aromatic carbocycles. The Morgan fingerprint density at radius 2 is 1.77 bits per heavy atom. The molecule has 0 unspecified atom stereocenters. The summed E-state index contributed by atoms with van der Waals surface area (Å²) in [5, 5.41) is 4.08. The summed E-state index contributed by atoms with van der Waals surface area (Å²) in [4.78, 5) is 12.5. The Labute approximate surface area is 183 Å². The second-order valence-corrected chi connectivity index (χ2v) is 7.11. The van der Waals surface area contributed by atoms with Crippen LogP contribution in [0, 0.1) is 0 Å². The predicted molar refractivity (Wildman–Crippen MR) is 120 cm³/mol. The molecule has 0 saturated heterocycles. The molecule has 1 amide bonds. The third-order valence-electron chi connectivity index (χ3n) is 4.23. The van der Waals surface area contributed by atoms with Gasteiger partial charge in [-0.05, 0) is 35.9 Å². The summed E-state index contributed by atoms with van der Waals surface area (Å²) in [6.45, 7) is 0.379. The van der Waals surface area contributed by atoms with Crippen LogP contribution in [0.3, 0.4) is 0 Å². The van der Waals surface area contributed by atoms with E-state index in [1.807, 2.05) is 48.5 Å². The van der Waals surface area contributed by atoms with Crippen LogP contribution in [0.2, 0.25) is 0 Å². The summed E-state index contributed by atoms with van der Waals surface area (Å²) in [6, 6.07) is 20.5. The Kier molecular flexibility index (Phi) is 7.45. The fraction of sp³-hybridized carbons (Fsp3) is 0.130. The van der Waals surface area contributed by atoms with Gasteiger partial charge in [-0.25, -0.2) is 5.43 Å². The fourth-order valence-electron chi connectivity index (χ4n) is 2.76. The highest BCUT2D eigenvalue weighted by atomic mass is 79.9. The van der Waals surface area contributed by atoms with Crippen LogP contribution in [0.15, 0.2) is 76.3 Å². The van der Waals surface area contributed by atoms with Gasteiger partial charge in [0.25, 0.3) is 5.91 Å². The minimum atomic E-state index is -0.390. The van der Waals surface area contributed by atoms with Gasteiger partial charge in [0.1, 0.15) is 12.4 Å². The minimum absolute atomic E-state index is 0.371. The van der Waals surface area contributed by atoms with Crippen LogP contribution in [-0.4, -0.2) is 26.3 Å². The van der Waals surface area contributed by atoms with Crippen molar-refractivity contribution in [2.75, 3.05) is 14.2 Å². The normalized spacial score (nSPS) is 10.6. The Morgan fingerprint density at radius 3 is 2.50 bits per heavy atom. The summed E-state index contributed by atoms with van der Waals surface area (Å²) >= 11 is 3.36. The van der Waals surface area contributed by atoms with Gasteiger partial charge in [-0.3, -0.25) is 4.79 Å². The number of amides is 1. The lowest BCUT2D eigenvalue weighted by atomic mass is 10.2. The van der Waals surface area contributed by atoms with Gasteiger partial charge in [0.15, 0.2) is 11.5 Å². The summed E-state index contributed by atoms with van der Waals surface area (Å²) in [7, 11) is 3.09. The van der Waals surface area contributed by atoms with Gasteiger partial charge in [-0.1, -0.05) is 52.3 Å². The lowest BCUT2D eigenvalue weighted by molar-refractivity contribution is 0.0952. The minimum Gasteiger partial charge on any atom is -0.496 e. The molecule has 0 radical (unpaired) electrons. The Morgan fingerprint density at radius 1 is 1.00 bits per heavy atom. The van der Waals surface area contributed by atoms with Crippen molar-refractivity contribution in [1.82, 2.24) is 5.43 Å². The van der Waals surface area contributed by atoms with E-state index in [1.165, 1.54) is 13.3 Å². The maximum absolute atomic E-state index is 12.5. The first kappa shape index (κ1) is 21.4. The van der Waals surface area contributed by atoms with Crippen LogP contribution < -0.4 is 19.6 Å². The topological polar surface area (TPSA) is 69.2 Å². The molecule has 1 N–H and O–H groups in total. The Balaban J connectivity index is 1.76. The molecule has 0 bridgehead atoms. The molecule has 3 aromatic rings. The van der Waals surface area contributed by atoms with E-state index >= 15 is 0 Å². The van der Waals surface area contributed by atoms with Crippen LogP contribution in [0.5, 0.6) is 17.2 Å². The van der Waals surface area contributed by atoms with Crippen LogP contribution in [0.25, 0.3) is 0 Å². The second-order valence-electron chi connectivity index (χ2n) is 6.20. The van der Waals surface area contributed by atoms with Crippen LogP contribution in [-0.2, 0) is 6.61 Å². The smallest absolute Gasteiger partial charge is 0.275 e. The van der Waals surface area contributed by atoms with Gasteiger partial charge in [0.2, 0.25) is 0 Å². The van der Waals surface area contributed by atoms with Crippen molar-refractivity contribution in [3.63, 3.8) is 0 Å². The monoisotopic (exact) mass is 468 g/mol. The quantitative estimate of drug-likeness (QED) is 0.380. The van der Waals surface area contributed by atoms with Crippen molar-refractivity contribution in [3.05, 3.63) is 87.9 Å². The maximum atomic E-state index is 12.5. The summed E-state index contributed by atoms with van der Waals surface area (Å²) in [6.07, 6.45) is 1.52. The number of hydrazone groups is 1. The van der Waals surface area contributed by atoms with Crippen LogP contribution in [0.1, 0.15) is 21.5 Å². The van der Waals surface area contributed by atoms with Crippen molar-refractivity contribution in [2.24, 2.45) is 5.10 Å². The molecule has 0 atom stereocenters. The summed E-state index contributed by atoms with van der Waals surface area (Å²) in [5.41, 5.74) is 4.59. The van der Waals surface area contributed by atoms with Crippen molar-refractivity contribution in [2.45, 2.75) is 6.61 Å². The number of carbonyl (C=O) groups excluding carboxylic acids is 1. The predicted octanol–water partition coefficient (Wildman–Crippen LogP) is 4.81. The average molecular weight is 469 g/mol. The number of hydrogen-bond acceptors (Lipinski definition) is 5. The summed E-state index contributed by atoms with van der Waals surface area (Å²) in [5.74, 6) is 1.19. The number of carbonyl (C=O) groups is 1. The van der Waals surface area contributed by atoms with Gasteiger partial charge in [0.05, 0.1) is 26.0 Å². The molecule has 154 valence electrons. The molecule has 6 nitrogen and oxygen atoms in total. The standard InChI is InChI=1S/C23H21BrN2O4/c1-28-20-12-11-18(24)13-19(20)23(27)26-25-14-17-9-6-10-21(29-2)22(17)30-15-16-7-4-3-5-8-16/h3-14H,15H2,1-2H3,(H,26,27)/b25-14-. The number of nitrogens with zero attached hydrogens (tertiary/aromatic N) is 1. The number of rotatable bonds is 8. The molecule has 30 heavy (non-hydrogen) atoms. The number of hydrogen-bond donors (Lipinski definition) is 1. The SMILES string of the molecule is COc1ccc(Br)cc1C(=O)N/N=C\c1cccc(OC)c1OCc1ccccc1. The summed E-state index contributed by atoms with van der Waals surface area (Å²) < 4.78 is 17.4. The van der Waals surface area contributed by atoms with E-state index in [9.17, 15) is 4.79 Å². The highest BCUT2D eigenvalue weighted by Gasteiger charge is 2.13. The second kappa shape index (κ2) is 10.5. The fourth-order valence-corrected chi connectivity index (χ4v) is 3.12. The number of ether oxygens (including phenoxy) is 3. The molecule has 0 fully saturated rings. The average Bonchev–Trinajstić information content (AvgIpc) is 2.78.